The molecule has 130 valence electrons. The van der Waals surface area contributed by atoms with Gasteiger partial charge in [0.15, 0.2) is 0 Å². The van der Waals surface area contributed by atoms with Crippen molar-refractivity contribution < 1.29 is 19.1 Å². The van der Waals surface area contributed by atoms with Crippen LogP contribution >= 0.6 is 0 Å². The van der Waals surface area contributed by atoms with E-state index in [9.17, 15) is 9.59 Å². The van der Waals surface area contributed by atoms with Crippen molar-refractivity contribution in [3.63, 3.8) is 0 Å². The number of fused-ring (bicyclic) bond motifs is 1. The average Bonchev–Trinajstić information content (AvgIpc) is 2.59. The highest BCUT2D eigenvalue weighted by Gasteiger charge is 2.66. The predicted molar refractivity (Wildman–Crippen MR) is 86.6 cm³/mol. The Morgan fingerprint density at radius 3 is 2.13 bits per heavy atom. The van der Waals surface area contributed by atoms with E-state index in [1.165, 1.54) is 13.8 Å². The molecule has 23 heavy (non-hydrogen) atoms. The third-order valence-corrected chi connectivity index (χ3v) is 6.99. The predicted octanol–water partition coefficient (Wildman–Crippen LogP) is 3.87. The van der Waals surface area contributed by atoms with Gasteiger partial charge in [-0.3, -0.25) is 9.59 Å². The zero-order chi connectivity index (χ0) is 17.0. The molecule has 1 spiro atoms. The molecule has 4 nitrogen and oxygen atoms in total. The monoisotopic (exact) mass is 322 g/mol. The second-order valence-corrected chi connectivity index (χ2v) is 9.08. The molecule has 3 aliphatic rings. The quantitative estimate of drug-likeness (QED) is 0.724. The van der Waals surface area contributed by atoms with Crippen LogP contribution in [0.25, 0.3) is 0 Å². The molecule has 0 aromatic heterocycles. The Kier molecular flexibility index (Phi) is 3.81. The highest BCUT2D eigenvalue weighted by atomic mass is 16.5. The summed E-state index contributed by atoms with van der Waals surface area (Å²) >= 11 is 0. The first-order valence-corrected chi connectivity index (χ1v) is 8.94. The molecule has 2 bridgehead atoms. The Morgan fingerprint density at radius 2 is 1.52 bits per heavy atom. The summed E-state index contributed by atoms with van der Waals surface area (Å²) in [6.45, 7) is 9.92. The molecule has 3 fully saturated rings. The fourth-order valence-corrected chi connectivity index (χ4v) is 6.26. The highest BCUT2D eigenvalue weighted by molar-refractivity contribution is 5.66. The van der Waals surface area contributed by atoms with Crippen LogP contribution < -0.4 is 0 Å². The molecule has 5 atom stereocenters. The van der Waals surface area contributed by atoms with E-state index in [2.05, 4.69) is 20.8 Å². The van der Waals surface area contributed by atoms with Crippen molar-refractivity contribution in [2.75, 3.05) is 0 Å². The van der Waals surface area contributed by atoms with Crippen LogP contribution in [0.15, 0.2) is 0 Å². The topological polar surface area (TPSA) is 52.6 Å². The summed E-state index contributed by atoms with van der Waals surface area (Å²) < 4.78 is 11.5. The van der Waals surface area contributed by atoms with Gasteiger partial charge in [-0.15, -0.1) is 0 Å². The first-order valence-electron chi connectivity index (χ1n) is 8.94. The molecule has 3 rings (SSSR count). The second kappa shape index (κ2) is 5.22. The minimum absolute atomic E-state index is 0.00765. The van der Waals surface area contributed by atoms with E-state index in [0.717, 1.165) is 38.5 Å². The first-order chi connectivity index (χ1) is 10.6. The normalized spacial score (nSPS) is 44.3. The zero-order valence-electron chi connectivity index (χ0n) is 15.1. The molecule has 0 saturated heterocycles. The fraction of sp³-hybridized carbons (Fsp3) is 0.895. The Hall–Kier alpha value is -1.06. The van der Waals surface area contributed by atoms with Gasteiger partial charge in [0.2, 0.25) is 0 Å². The van der Waals surface area contributed by atoms with Crippen LogP contribution in [-0.2, 0) is 19.1 Å². The van der Waals surface area contributed by atoms with E-state index < -0.39 is 0 Å². The van der Waals surface area contributed by atoms with Gasteiger partial charge in [-0.2, -0.15) is 0 Å². The lowest BCUT2D eigenvalue weighted by molar-refractivity contribution is -0.186. The number of carbonyl (C=O) groups excluding carboxylic acids is 2. The largest absolute Gasteiger partial charge is 0.462 e. The van der Waals surface area contributed by atoms with Gasteiger partial charge in [0.1, 0.15) is 12.2 Å². The Bertz CT molecular complexity index is 525. The van der Waals surface area contributed by atoms with E-state index in [-0.39, 0.29) is 40.4 Å². The van der Waals surface area contributed by atoms with Crippen molar-refractivity contribution in [1.29, 1.82) is 0 Å². The van der Waals surface area contributed by atoms with Gasteiger partial charge < -0.3 is 9.47 Å². The van der Waals surface area contributed by atoms with Gasteiger partial charge in [0.25, 0.3) is 0 Å². The Labute approximate surface area is 139 Å². The summed E-state index contributed by atoms with van der Waals surface area (Å²) in [4.78, 5) is 23.1. The van der Waals surface area contributed by atoms with Crippen LogP contribution in [0.1, 0.15) is 73.1 Å². The molecule has 0 amide bonds. The van der Waals surface area contributed by atoms with E-state index in [4.69, 9.17) is 9.47 Å². The maximum atomic E-state index is 11.6. The van der Waals surface area contributed by atoms with Crippen LogP contribution in [0.4, 0.5) is 0 Å². The molecular weight excluding hydrogens is 292 g/mol. The van der Waals surface area contributed by atoms with Crippen LogP contribution in [0.5, 0.6) is 0 Å². The maximum absolute atomic E-state index is 11.6. The molecule has 0 aromatic carbocycles. The summed E-state index contributed by atoms with van der Waals surface area (Å²) in [5, 5.41) is 0. The summed E-state index contributed by atoms with van der Waals surface area (Å²) in [7, 11) is 0. The lowest BCUT2D eigenvalue weighted by Gasteiger charge is -2.58. The third kappa shape index (κ3) is 2.58. The van der Waals surface area contributed by atoms with Gasteiger partial charge in [0.05, 0.1) is 0 Å². The summed E-state index contributed by atoms with van der Waals surface area (Å²) in [5.41, 5.74) is 0.285. The minimum Gasteiger partial charge on any atom is -0.462 e. The lowest BCUT2D eigenvalue weighted by atomic mass is 9.49. The Balaban J connectivity index is 1.92. The van der Waals surface area contributed by atoms with Crippen LogP contribution in [0, 0.1) is 22.2 Å². The van der Waals surface area contributed by atoms with Crippen molar-refractivity contribution in [3.8, 4) is 0 Å². The standard InChI is InChI=1S/C19H30O4/c1-12(20)22-15-7-9-19-11-18(15,5)8-6-14(19)17(3,4)10-16(19)23-13(2)21/h14-16H,6-11H2,1-5H3/t14-,15+,16-,18+,19-/m0/s1. The number of ether oxygens (including phenoxy) is 2. The smallest absolute Gasteiger partial charge is 0.302 e. The van der Waals surface area contributed by atoms with E-state index >= 15 is 0 Å². The molecular formula is C19H30O4. The van der Waals surface area contributed by atoms with Gasteiger partial charge in [-0.05, 0) is 49.9 Å². The van der Waals surface area contributed by atoms with Gasteiger partial charge in [0, 0.05) is 24.7 Å². The average molecular weight is 322 g/mol. The summed E-state index contributed by atoms with van der Waals surface area (Å²) in [6, 6.07) is 0. The number of hydrogen-bond acceptors (Lipinski definition) is 4. The van der Waals surface area contributed by atoms with Crippen LogP contribution in [-0.4, -0.2) is 24.1 Å². The molecule has 0 radical (unpaired) electrons. The SMILES string of the molecule is CC(=O)O[C@H]1CC(C)(C)[C@@H]2CC[C@]3(C)C[C@]12CC[C@H]3OC(C)=O. The van der Waals surface area contributed by atoms with Crippen molar-refractivity contribution >= 4 is 11.9 Å². The Morgan fingerprint density at radius 1 is 0.913 bits per heavy atom. The molecule has 0 aliphatic heterocycles. The molecule has 0 heterocycles. The molecule has 3 aliphatic carbocycles. The van der Waals surface area contributed by atoms with Crippen LogP contribution in [0.2, 0.25) is 0 Å². The van der Waals surface area contributed by atoms with Crippen molar-refractivity contribution in [2.45, 2.75) is 85.4 Å². The van der Waals surface area contributed by atoms with Crippen molar-refractivity contribution in [1.82, 2.24) is 0 Å². The fourth-order valence-electron chi connectivity index (χ4n) is 6.26. The summed E-state index contributed by atoms with van der Waals surface area (Å²) in [5.74, 6) is 0.235. The highest BCUT2D eigenvalue weighted by Crippen LogP contribution is 2.69. The molecule has 4 heteroatoms. The van der Waals surface area contributed by atoms with Gasteiger partial charge >= 0.3 is 11.9 Å². The summed E-state index contributed by atoms with van der Waals surface area (Å²) in [6.07, 6.45) is 6.08. The van der Waals surface area contributed by atoms with E-state index in [1.54, 1.807) is 0 Å². The number of esters is 2. The first kappa shape index (κ1) is 16.8. The minimum atomic E-state index is -0.183. The molecule has 0 aromatic rings. The molecule has 3 saturated carbocycles. The lowest BCUT2D eigenvalue weighted by Crippen LogP contribution is -2.55. The number of hydrogen-bond donors (Lipinski definition) is 0. The van der Waals surface area contributed by atoms with Crippen molar-refractivity contribution in [2.24, 2.45) is 22.2 Å². The van der Waals surface area contributed by atoms with E-state index in [0.29, 0.717) is 5.92 Å². The van der Waals surface area contributed by atoms with Gasteiger partial charge in [-0.25, -0.2) is 0 Å². The van der Waals surface area contributed by atoms with Gasteiger partial charge in [-0.1, -0.05) is 20.8 Å². The molecule has 0 unspecified atom stereocenters. The van der Waals surface area contributed by atoms with E-state index in [1.807, 2.05) is 0 Å². The van der Waals surface area contributed by atoms with Crippen LogP contribution in [0.3, 0.4) is 0 Å². The maximum Gasteiger partial charge on any atom is 0.302 e. The van der Waals surface area contributed by atoms with Crippen molar-refractivity contribution in [3.05, 3.63) is 0 Å². The zero-order valence-corrected chi connectivity index (χ0v) is 15.1. The number of rotatable bonds is 2. The second-order valence-electron chi connectivity index (χ2n) is 9.08. The third-order valence-electron chi connectivity index (χ3n) is 6.99. The number of carbonyl (C=O) groups is 2. The molecule has 0 N–H and O–H groups in total.